The van der Waals surface area contributed by atoms with Crippen LogP contribution in [0.1, 0.15) is 37.2 Å². The third-order valence-corrected chi connectivity index (χ3v) is 4.17. The topological polar surface area (TPSA) is 19.4 Å². The molecule has 0 aromatic carbocycles. The van der Waals surface area contributed by atoms with Crippen molar-refractivity contribution in [1.82, 2.24) is 14.8 Å². The monoisotopic (exact) mass is 261 g/mol. The van der Waals surface area contributed by atoms with Crippen molar-refractivity contribution in [3.05, 3.63) is 29.1 Å². The van der Waals surface area contributed by atoms with Gasteiger partial charge < -0.3 is 0 Å². The van der Waals surface area contributed by atoms with Crippen LogP contribution < -0.4 is 0 Å². The number of aryl methyl sites for hydroxylation is 2. The highest BCUT2D eigenvalue weighted by atomic mass is 15.3. The number of aromatic nitrogens is 1. The van der Waals surface area contributed by atoms with E-state index in [1.165, 1.54) is 38.2 Å². The Kier molecular flexibility index (Phi) is 4.94. The van der Waals surface area contributed by atoms with Crippen LogP contribution in [-0.4, -0.2) is 47.0 Å². The van der Waals surface area contributed by atoms with Crippen molar-refractivity contribution in [3.63, 3.8) is 0 Å². The first-order valence-electron chi connectivity index (χ1n) is 7.49. The van der Waals surface area contributed by atoms with Crippen molar-refractivity contribution < 1.29 is 0 Å². The Balaban J connectivity index is 1.88. The van der Waals surface area contributed by atoms with Gasteiger partial charge in [0, 0.05) is 50.2 Å². The summed E-state index contributed by atoms with van der Waals surface area (Å²) in [7, 11) is 0. The summed E-state index contributed by atoms with van der Waals surface area (Å²) in [5.74, 6) is 0. The first-order chi connectivity index (χ1) is 9.08. The second kappa shape index (κ2) is 6.49. The van der Waals surface area contributed by atoms with E-state index in [4.69, 9.17) is 0 Å². The summed E-state index contributed by atoms with van der Waals surface area (Å²) in [4.78, 5) is 9.62. The number of pyridine rings is 1. The first kappa shape index (κ1) is 14.5. The average molecular weight is 261 g/mol. The smallest absolute Gasteiger partial charge is 0.0379 e. The molecule has 1 fully saturated rings. The molecule has 3 nitrogen and oxygen atoms in total. The third-order valence-electron chi connectivity index (χ3n) is 4.17. The minimum Gasteiger partial charge on any atom is -0.298 e. The van der Waals surface area contributed by atoms with Gasteiger partial charge in [-0.05, 0) is 44.9 Å². The van der Waals surface area contributed by atoms with Crippen molar-refractivity contribution in [2.75, 3.05) is 26.2 Å². The van der Waals surface area contributed by atoms with Crippen LogP contribution >= 0.6 is 0 Å². The predicted molar refractivity (Wildman–Crippen MR) is 80.3 cm³/mol. The van der Waals surface area contributed by atoms with Gasteiger partial charge in [-0.25, -0.2) is 0 Å². The molecule has 1 saturated heterocycles. The van der Waals surface area contributed by atoms with Crippen molar-refractivity contribution >= 4 is 0 Å². The summed E-state index contributed by atoms with van der Waals surface area (Å²) in [6, 6.07) is 5.16. The number of piperazine rings is 1. The molecule has 1 aliphatic heterocycles. The van der Waals surface area contributed by atoms with Gasteiger partial charge in [0.15, 0.2) is 0 Å². The molecular formula is C16H27N3. The lowest BCUT2D eigenvalue weighted by molar-refractivity contribution is 0.0963. The van der Waals surface area contributed by atoms with Gasteiger partial charge >= 0.3 is 0 Å². The fraction of sp³-hybridized carbons (Fsp3) is 0.688. The van der Waals surface area contributed by atoms with Crippen LogP contribution in [0.3, 0.4) is 0 Å². The van der Waals surface area contributed by atoms with E-state index in [2.05, 4.69) is 54.6 Å². The molecule has 0 N–H and O–H groups in total. The summed E-state index contributed by atoms with van der Waals surface area (Å²) >= 11 is 0. The molecule has 0 radical (unpaired) electrons. The fourth-order valence-electron chi connectivity index (χ4n) is 2.89. The Labute approximate surface area is 117 Å². The van der Waals surface area contributed by atoms with E-state index in [0.717, 1.165) is 24.0 Å². The highest BCUT2D eigenvalue weighted by molar-refractivity contribution is 5.20. The van der Waals surface area contributed by atoms with Crippen molar-refractivity contribution in [1.29, 1.82) is 0 Å². The van der Waals surface area contributed by atoms with Crippen LogP contribution in [0.4, 0.5) is 0 Å². The average Bonchev–Trinajstić information content (AvgIpc) is 2.37. The molecule has 2 rings (SSSR count). The standard InChI is InChI=1S/C16H27N3/c1-5-15(4)19-8-6-18(7-9-19)12-16-10-13(2)17-14(3)11-16/h10-11,15H,5-9,12H2,1-4H3. The van der Waals surface area contributed by atoms with Crippen molar-refractivity contribution in [2.24, 2.45) is 0 Å². The summed E-state index contributed by atoms with van der Waals surface area (Å²) in [6.45, 7) is 14.6. The quantitative estimate of drug-likeness (QED) is 0.830. The predicted octanol–water partition coefficient (Wildman–Crippen LogP) is 2.61. The maximum Gasteiger partial charge on any atom is 0.0379 e. The van der Waals surface area contributed by atoms with E-state index in [1.807, 2.05) is 0 Å². The Hall–Kier alpha value is -0.930. The summed E-state index contributed by atoms with van der Waals surface area (Å²) < 4.78 is 0. The molecule has 0 amide bonds. The number of nitrogens with zero attached hydrogens (tertiary/aromatic N) is 3. The zero-order valence-electron chi connectivity index (χ0n) is 12.8. The van der Waals surface area contributed by atoms with E-state index in [1.54, 1.807) is 0 Å². The normalized spacial score (nSPS) is 19.6. The summed E-state index contributed by atoms with van der Waals surface area (Å²) in [5, 5.41) is 0. The second-order valence-corrected chi connectivity index (χ2v) is 5.83. The maximum atomic E-state index is 4.45. The van der Waals surface area contributed by atoms with Gasteiger partial charge in [-0.1, -0.05) is 6.92 Å². The lowest BCUT2D eigenvalue weighted by atomic mass is 10.1. The van der Waals surface area contributed by atoms with E-state index >= 15 is 0 Å². The Morgan fingerprint density at radius 3 is 2.21 bits per heavy atom. The summed E-state index contributed by atoms with van der Waals surface area (Å²) in [5.41, 5.74) is 3.67. The molecule has 0 saturated carbocycles. The van der Waals surface area contributed by atoms with E-state index in [0.29, 0.717) is 0 Å². The van der Waals surface area contributed by atoms with Gasteiger partial charge in [0.05, 0.1) is 0 Å². The minimum atomic E-state index is 0.729. The zero-order chi connectivity index (χ0) is 13.8. The molecule has 0 aliphatic carbocycles. The van der Waals surface area contributed by atoms with Gasteiger partial charge in [-0.3, -0.25) is 14.8 Å². The zero-order valence-corrected chi connectivity index (χ0v) is 12.8. The Morgan fingerprint density at radius 2 is 1.68 bits per heavy atom. The molecule has 1 unspecified atom stereocenters. The molecule has 2 heterocycles. The lowest BCUT2D eigenvalue weighted by Crippen LogP contribution is -2.49. The number of hydrogen-bond acceptors (Lipinski definition) is 3. The minimum absolute atomic E-state index is 0.729. The number of hydrogen-bond donors (Lipinski definition) is 0. The molecule has 1 aliphatic rings. The van der Waals surface area contributed by atoms with Crippen LogP contribution in [0, 0.1) is 13.8 Å². The third kappa shape index (κ3) is 4.02. The van der Waals surface area contributed by atoms with Crippen LogP contribution in [0.5, 0.6) is 0 Å². The molecule has 0 bridgehead atoms. The van der Waals surface area contributed by atoms with Gasteiger partial charge in [-0.15, -0.1) is 0 Å². The molecule has 1 aromatic heterocycles. The highest BCUT2D eigenvalue weighted by Gasteiger charge is 2.20. The Bertz CT molecular complexity index is 388. The van der Waals surface area contributed by atoms with Crippen LogP contribution in [0.25, 0.3) is 0 Å². The number of rotatable bonds is 4. The molecule has 106 valence electrons. The second-order valence-electron chi connectivity index (χ2n) is 5.83. The van der Waals surface area contributed by atoms with Gasteiger partial charge in [0.2, 0.25) is 0 Å². The van der Waals surface area contributed by atoms with Crippen LogP contribution in [0.15, 0.2) is 12.1 Å². The summed E-state index contributed by atoms with van der Waals surface area (Å²) in [6.07, 6.45) is 1.25. The molecule has 3 heteroatoms. The van der Waals surface area contributed by atoms with Gasteiger partial charge in [0.25, 0.3) is 0 Å². The Morgan fingerprint density at radius 1 is 1.11 bits per heavy atom. The molecule has 1 aromatic rings. The van der Waals surface area contributed by atoms with Crippen molar-refractivity contribution in [2.45, 2.75) is 46.7 Å². The van der Waals surface area contributed by atoms with Crippen molar-refractivity contribution in [3.8, 4) is 0 Å². The largest absolute Gasteiger partial charge is 0.298 e. The fourth-order valence-corrected chi connectivity index (χ4v) is 2.89. The van der Waals surface area contributed by atoms with Crippen LogP contribution in [0.2, 0.25) is 0 Å². The molecular weight excluding hydrogens is 234 g/mol. The van der Waals surface area contributed by atoms with Gasteiger partial charge in [-0.2, -0.15) is 0 Å². The highest BCUT2D eigenvalue weighted by Crippen LogP contribution is 2.13. The molecule has 1 atom stereocenters. The van der Waals surface area contributed by atoms with Crippen LogP contribution in [-0.2, 0) is 6.54 Å². The maximum absolute atomic E-state index is 4.45. The van der Waals surface area contributed by atoms with Gasteiger partial charge in [0.1, 0.15) is 0 Å². The lowest BCUT2D eigenvalue weighted by Gasteiger charge is -2.37. The SMILES string of the molecule is CCC(C)N1CCN(Cc2cc(C)nc(C)c2)CC1. The molecule has 19 heavy (non-hydrogen) atoms. The first-order valence-corrected chi connectivity index (χ1v) is 7.49. The van der Waals surface area contributed by atoms with E-state index < -0.39 is 0 Å². The van der Waals surface area contributed by atoms with E-state index in [-0.39, 0.29) is 0 Å². The van der Waals surface area contributed by atoms with E-state index in [9.17, 15) is 0 Å². The molecule has 0 spiro atoms.